The van der Waals surface area contributed by atoms with Crippen molar-refractivity contribution in [2.75, 3.05) is 13.1 Å². The van der Waals surface area contributed by atoms with Crippen LogP contribution in [0.2, 0.25) is 0 Å². The lowest BCUT2D eigenvalue weighted by molar-refractivity contribution is 0.0953. The Morgan fingerprint density at radius 2 is 1.71 bits per heavy atom. The molecule has 2 rings (SSSR count). The Balaban J connectivity index is 1.72. The van der Waals surface area contributed by atoms with Crippen LogP contribution in [0.15, 0.2) is 59.1 Å². The standard InChI is InChI=1S/C17H19BrN2O/c1-13(14-7-9-16(18)10-8-14)19-11-12-20-17(21)15-5-3-2-4-6-15/h2-10,13,19H,11-12H2,1H3,(H,20,21)/t13-/m0/s1. The average molecular weight is 347 g/mol. The fourth-order valence-corrected chi connectivity index (χ4v) is 2.29. The normalized spacial score (nSPS) is 11.9. The van der Waals surface area contributed by atoms with E-state index in [4.69, 9.17) is 0 Å². The lowest BCUT2D eigenvalue weighted by Crippen LogP contribution is -2.32. The molecule has 0 bridgehead atoms. The number of hydrogen-bond acceptors (Lipinski definition) is 2. The van der Waals surface area contributed by atoms with E-state index in [9.17, 15) is 4.79 Å². The fraction of sp³-hybridized carbons (Fsp3) is 0.235. The Morgan fingerprint density at radius 3 is 2.38 bits per heavy atom. The van der Waals surface area contributed by atoms with Crippen molar-refractivity contribution >= 4 is 21.8 Å². The summed E-state index contributed by atoms with van der Waals surface area (Å²) in [5.41, 5.74) is 1.92. The predicted molar refractivity (Wildman–Crippen MR) is 89.3 cm³/mol. The smallest absolute Gasteiger partial charge is 0.251 e. The van der Waals surface area contributed by atoms with Crippen LogP contribution in [-0.4, -0.2) is 19.0 Å². The molecule has 0 aliphatic heterocycles. The van der Waals surface area contributed by atoms with Crippen molar-refractivity contribution in [2.24, 2.45) is 0 Å². The summed E-state index contributed by atoms with van der Waals surface area (Å²) in [6.07, 6.45) is 0. The van der Waals surface area contributed by atoms with Gasteiger partial charge in [0.1, 0.15) is 0 Å². The van der Waals surface area contributed by atoms with E-state index in [1.807, 2.05) is 42.5 Å². The van der Waals surface area contributed by atoms with Gasteiger partial charge in [-0.05, 0) is 36.8 Å². The van der Waals surface area contributed by atoms with Crippen LogP contribution in [-0.2, 0) is 0 Å². The molecule has 0 saturated heterocycles. The van der Waals surface area contributed by atoms with Crippen molar-refractivity contribution in [3.8, 4) is 0 Å². The summed E-state index contributed by atoms with van der Waals surface area (Å²) >= 11 is 3.43. The minimum absolute atomic E-state index is 0.0336. The number of rotatable bonds is 6. The molecule has 2 N–H and O–H groups in total. The maximum Gasteiger partial charge on any atom is 0.251 e. The molecule has 0 heterocycles. The molecular formula is C17H19BrN2O. The predicted octanol–water partition coefficient (Wildman–Crippen LogP) is 3.53. The number of nitrogens with one attached hydrogen (secondary N) is 2. The minimum atomic E-state index is -0.0336. The van der Waals surface area contributed by atoms with Gasteiger partial charge in [-0.3, -0.25) is 4.79 Å². The molecule has 2 aromatic rings. The maximum atomic E-state index is 11.9. The topological polar surface area (TPSA) is 41.1 Å². The second kappa shape index (κ2) is 7.96. The number of hydrogen-bond donors (Lipinski definition) is 2. The summed E-state index contributed by atoms with van der Waals surface area (Å²) in [6, 6.07) is 17.8. The molecule has 0 aliphatic carbocycles. The highest BCUT2D eigenvalue weighted by atomic mass is 79.9. The SMILES string of the molecule is C[C@H](NCCNC(=O)c1ccccc1)c1ccc(Br)cc1. The highest BCUT2D eigenvalue weighted by Gasteiger charge is 2.05. The second-order valence-electron chi connectivity index (χ2n) is 4.85. The van der Waals surface area contributed by atoms with Crippen molar-refractivity contribution in [3.63, 3.8) is 0 Å². The van der Waals surface area contributed by atoms with Crippen molar-refractivity contribution in [3.05, 3.63) is 70.2 Å². The number of carbonyl (C=O) groups is 1. The van der Waals surface area contributed by atoms with Crippen LogP contribution in [0.1, 0.15) is 28.9 Å². The van der Waals surface area contributed by atoms with Gasteiger partial charge in [-0.1, -0.05) is 46.3 Å². The zero-order chi connectivity index (χ0) is 15.1. The first kappa shape index (κ1) is 15.7. The van der Waals surface area contributed by atoms with Crippen molar-refractivity contribution in [1.29, 1.82) is 0 Å². The molecule has 0 saturated carbocycles. The Bertz CT molecular complexity index is 569. The van der Waals surface area contributed by atoms with Gasteiger partial charge in [0, 0.05) is 29.2 Å². The molecule has 3 nitrogen and oxygen atoms in total. The van der Waals surface area contributed by atoms with E-state index in [2.05, 4.69) is 45.6 Å². The molecule has 110 valence electrons. The van der Waals surface area contributed by atoms with Crippen molar-refractivity contribution in [2.45, 2.75) is 13.0 Å². The Hall–Kier alpha value is -1.65. The van der Waals surface area contributed by atoms with E-state index >= 15 is 0 Å². The number of amides is 1. The molecule has 2 aromatic carbocycles. The minimum Gasteiger partial charge on any atom is -0.351 e. The molecule has 0 fully saturated rings. The molecule has 1 amide bonds. The van der Waals surface area contributed by atoms with Gasteiger partial charge in [-0.25, -0.2) is 0 Å². The zero-order valence-corrected chi connectivity index (χ0v) is 13.6. The molecule has 1 atom stereocenters. The van der Waals surface area contributed by atoms with Gasteiger partial charge in [0.2, 0.25) is 0 Å². The molecule has 0 aromatic heterocycles. The zero-order valence-electron chi connectivity index (χ0n) is 12.0. The third-order valence-electron chi connectivity index (χ3n) is 3.27. The van der Waals surface area contributed by atoms with Crippen molar-refractivity contribution < 1.29 is 4.79 Å². The van der Waals surface area contributed by atoms with Crippen LogP contribution in [0.25, 0.3) is 0 Å². The molecule has 0 aliphatic rings. The van der Waals surface area contributed by atoms with Gasteiger partial charge in [0.15, 0.2) is 0 Å². The van der Waals surface area contributed by atoms with E-state index in [0.717, 1.165) is 11.0 Å². The summed E-state index contributed by atoms with van der Waals surface area (Å²) in [6.45, 7) is 3.45. The lowest BCUT2D eigenvalue weighted by atomic mass is 10.1. The van der Waals surface area contributed by atoms with Gasteiger partial charge < -0.3 is 10.6 Å². The second-order valence-corrected chi connectivity index (χ2v) is 5.76. The van der Waals surface area contributed by atoms with Gasteiger partial charge in [-0.2, -0.15) is 0 Å². The average Bonchev–Trinajstić information content (AvgIpc) is 2.52. The molecular weight excluding hydrogens is 328 g/mol. The van der Waals surface area contributed by atoms with Crippen LogP contribution < -0.4 is 10.6 Å². The summed E-state index contributed by atoms with van der Waals surface area (Å²) in [7, 11) is 0. The molecule has 21 heavy (non-hydrogen) atoms. The highest BCUT2D eigenvalue weighted by Crippen LogP contribution is 2.16. The summed E-state index contributed by atoms with van der Waals surface area (Å²) in [5, 5.41) is 6.30. The summed E-state index contributed by atoms with van der Waals surface area (Å²) in [5.74, 6) is -0.0336. The van der Waals surface area contributed by atoms with E-state index in [-0.39, 0.29) is 11.9 Å². The van der Waals surface area contributed by atoms with Gasteiger partial charge in [-0.15, -0.1) is 0 Å². The van der Waals surface area contributed by atoms with Crippen LogP contribution in [0.4, 0.5) is 0 Å². The van der Waals surface area contributed by atoms with Crippen LogP contribution in [0.5, 0.6) is 0 Å². The monoisotopic (exact) mass is 346 g/mol. The third-order valence-corrected chi connectivity index (χ3v) is 3.80. The Labute approximate surface area is 133 Å². The maximum absolute atomic E-state index is 11.9. The first-order chi connectivity index (χ1) is 10.2. The molecule has 0 spiro atoms. The van der Waals surface area contributed by atoms with Gasteiger partial charge in [0.25, 0.3) is 5.91 Å². The number of halogens is 1. The van der Waals surface area contributed by atoms with E-state index in [1.54, 1.807) is 0 Å². The van der Waals surface area contributed by atoms with Crippen molar-refractivity contribution in [1.82, 2.24) is 10.6 Å². The quantitative estimate of drug-likeness (QED) is 0.785. The van der Waals surface area contributed by atoms with Crippen LogP contribution in [0, 0.1) is 0 Å². The number of benzene rings is 2. The first-order valence-electron chi connectivity index (χ1n) is 6.99. The van der Waals surface area contributed by atoms with Crippen LogP contribution in [0.3, 0.4) is 0 Å². The third kappa shape index (κ3) is 4.99. The van der Waals surface area contributed by atoms with Gasteiger partial charge in [0.05, 0.1) is 0 Å². The van der Waals surface area contributed by atoms with E-state index in [0.29, 0.717) is 12.1 Å². The van der Waals surface area contributed by atoms with E-state index < -0.39 is 0 Å². The summed E-state index contributed by atoms with van der Waals surface area (Å²) in [4.78, 5) is 11.9. The molecule has 0 unspecified atom stereocenters. The summed E-state index contributed by atoms with van der Waals surface area (Å²) < 4.78 is 1.08. The number of carbonyl (C=O) groups excluding carboxylic acids is 1. The fourth-order valence-electron chi connectivity index (χ4n) is 2.03. The molecule has 4 heteroatoms. The lowest BCUT2D eigenvalue weighted by Gasteiger charge is -2.14. The largest absolute Gasteiger partial charge is 0.351 e. The highest BCUT2D eigenvalue weighted by molar-refractivity contribution is 9.10. The Morgan fingerprint density at radius 1 is 1.05 bits per heavy atom. The first-order valence-corrected chi connectivity index (χ1v) is 7.78. The van der Waals surface area contributed by atoms with Gasteiger partial charge >= 0.3 is 0 Å². The van der Waals surface area contributed by atoms with Crippen LogP contribution >= 0.6 is 15.9 Å². The van der Waals surface area contributed by atoms with E-state index in [1.165, 1.54) is 5.56 Å². The Kier molecular flexibility index (Phi) is 5.96. The molecule has 0 radical (unpaired) electrons.